The molecule has 2 saturated heterocycles. The smallest absolute Gasteiger partial charge is 0.240 e. The van der Waals surface area contributed by atoms with Crippen molar-refractivity contribution in [1.82, 2.24) is 19.8 Å². The summed E-state index contributed by atoms with van der Waals surface area (Å²) in [6.07, 6.45) is 1.71. The second kappa shape index (κ2) is 8.59. The van der Waals surface area contributed by atoms with Gasteiger partial charge >= 0.3 is 0 Å². The van der Waals surface area contributed by atoms with Crippen molar-refractivity contribution in [3.63, 3.8) is 0 Å². The fourth-order valence-corrected chi connectivity index (χ4v) is 5.24. The molecule has 2 aromatic carbocycles. The Morgan fingerprint density at radius 1 is 1.21 bits per heavy atom. The number of likely N-dealkylation sites (N-methyl/N-ethyl adjacent to an activating group) is 1. The molecule has 2 atom stereocenters. The standard InChI is InChI=1S/C26H28N4O4/c1-29-22(31)14-26(25(29)33,18-8-5-9-19(13-18)34-2)15-23(32)30-12-6-7-17(16-30)24-27-20-10-3-4-11-21(20)28-24/h3-5,8-11,13,17H,6-7,12,14-16H2,1-2H3,(H,27,28). The van der Waals surface area contributed by atoms with Crippen LogP contribution in [0.3, 0.4) is 0 Å². The lowest BCUT2D eigenvalue weighted by molar-refractivity contribution is -0.141. The van der Waals surface area contributed by atoms with Gasteiger partial charge < -0.3 is 14.6 Å². The largest absolute Gasteiger partial charge is 0.497 e. The molecule has 2 aliphatic heterocycles. The topological polar surface area (TPSA) is 95.6 Å². The fourth-order valence-electron chi connectivity index (χ4n) is 5.24. The van der Waals surface area contributed by atoms with E-state index in [2.05, 4.69) is 4.98 Å². The maximum absolute atomic E-state index is 13.6. The van der Waals surface area contributed by atoms with Crippen molar-refractivity contribution < 1.29 is 19.1 Å². The van der Waals surface area contributed by atoms with Crippen LogP contribution in [0, 0.1) is 0 Å². The van der Waals surface area contributed by atoms with Gasteiger partial charge in [0.2, 0.25) is 17.7 Å². The van der Waals surface area contributed by atoms with E-state index in [4.69, 9.17) is 9.72 Å². The highest BCUT2D eigenvalue weighted by Gasteiger charge is 2.53. The van der Waals surface area contributed by atoms with Crippen molar-refractivity contribution in [1.29, 1.82) is 0 Å². The number of nitrogens with one attached hydrogen (secondary N) is 1. The number of nitrogens with zero attached hydrogens (tertiary/aromatic N) is 3. The third-order valence-electron chi connectivity index (χ3n) is 7.18. The van der Waals surface area contributed by atoms with E-state index in [0.29, 0.717) is 24.4 Å². The molecule has 8 heteroatoms. The zero-order valence-corrected chi connectivity index (χ0v) is 19.4. The summed E-state index contributed by atoms with van der Waals surface area (Å²) in [5.74, 6) is 0.820. The first-order chi connectivity index (χ1) is 16.4. The van der Waals surface area contributed by atoms with Crippen molar-refractivity contribution in [2.24, 2.45) is 0 Å². The number of hydrogen-bond acceptors (Lipinski definition) is 5. The highest BCUT2D eigenvalue weighted by molar-refractivity contribution is 6.10. The zero-order valence-electron chi connectivity index (χ0n) is 19.4. The molecule has 2 unspecified atom stereocenters. The molecule has 2 fully saturated rings. The number of carbonyl (C=O) groups excluding carboxylic acids is 3. The quantitative estimate of drug-likeness (QED) is 0.591. The Labute approximate surface area is 197 Å². The Hall–Kier alpha value is -3.68. The number of aromatic nitrogens is 2. The number of amides is 3. The number of ether oxygens (including phenoxy) is 1. The number of H-pyrrole nitrogens is 1. The number of imide groups is 1. The van der Waals surface area contributed by atoms with Gasteiger partial charge in [0.05, 0.1) is 23.6 Å². The van der Waals surface area contributed by atoms with Gasteiger partial charge in [-0.2, -0.15) is 0 Å². The first kappa shape index (κ1) is 22.1. The number of fused-ring (bicyclic) bond motifs is 1. The molecule has 1 aromatic heterocycles. The predicted octanol–water partition coefficient (Wildman–Crippen LogP) is 2.99. The lowest BCUT2D eigenvalue weighted by atomic mass is 9.75. The summed E-state index contributed by atoms with van der Waals surface area (Å²) in [5.41, 5.74) is 1.31. The zero-order chi connectivity index (χ0) is 23.9. The van der Waals surface area contributed by atoms with Gasteiger partial charge in [-0.1, -0.05) is 24.3 Å². The maximum Gasteiger partial charge on any atom is 0.240 e. The number of aromatic amines is 1. The molecule has 5 rings (SSSR count). The van der Waals surface area contributed by atoms with E-state index >= 15 is 0 Å². The summed E-state index contributed by atoms with van der Waals surface area (Å²) < 4.78 is 5.34. The Kier molecular flexibility index (Phi) is 5.59. The molecule has 176 valence electrons. The summed E-state index contributed by atoms with van der Waals surface area (Å²) in [7, 11) is 3.03. The Morgan fingerprint density at radius 3 is 2.76 bits per heavy atom. The van der Waals surface area contributed by atoms with Crippen LogP contribution in [-0.2, 0) is 19.8 Å². The van der Waals surface area contributed by atoms with Crippen LogP contribution in [0.2, 0.25) is 0 Å². The van der Waals surface area contributed by atoms with Crippen molar-refractivity contribution in [2.45, 2.75) is 37.0 Å². The second-order valence-corrected chi connectivity index (χ2v) is 9.24. The minimum atomic E-state index is -1.22. The molecule has 0 aliphatic carbocycles. The molecule has 8 nitrogen and oxygen atoms in total. The van der Waals surface area contributed by atoms with E-state index in [0.717, 1.165) is 34.6 Å². The number of hydrogen-bond donors (Lipinski definition) is 1. The van der Waals surface area contributed by atoms with Crippen molar-refractivity contribution in [3.8, 4) is 5.75 Å². The van der Waals surface area contributed by atoms with E-state index in [1.165, 1.54) is 7.05 Å². The summed E-state index contributed by atoms with van der Waals surface area (Å²) in [5, 5.41) is 0. The van der Waals surface area contributed by atoms with Crippen LogP contribution in [0.1, 0.15) is 43.0 Å². The van der Waals surface area contributed by atoms with E-state index < -0.39 is 5.41 Å². The number of imidazole rings is 1. The maximum atomic E-state index is 13.6. The molecule has 0 saturated carbocycles. The third-order valence-corrected chi connectivity index (χ3v) is 7.18. The molecule has 0 spiro atoms. The Balaban J connectivity index is 1.41. The number of para-hydroxylation sites is 2. The van der Waals surface area contributed by atoms with Crippen LogP contribution < -0.4 is 4.74 Å². The van der Waals surface area contributed by atoms with Gasteiger partial charge in [-0.05, 0) is 42.7 Å². The van der Waals surface area contributed by atoms with Gasteiger partial charge in [-0.3, -0.25) is 19.3 Å². The van der Waals surface area contributed by atoms with Gasteiger partial charge in [0.15, 0.2) is 0 Å². The van der Waals surface area contributed by atoms with E-state index in [9.17, 15) is 14.4 Å². The second-order valence-electron chi connectivity index (χ2n) is 9.24. The van der Waals surface area contributed by atoms with Crippen LogP contribution in [0.4, 0.5) is 0 Å². The molecule has 34 heavy (non-hydrogen) atoms. The van der Waals surface area contributed by atoms with Gasteiger partial charge in [-0.25, -0.2) is 4.98 Å². The van der Waals surface area contributed by atoms with Gasteiger partial charge in [-0.15, -0.1) is 0 Å². The van der Waals surface area contributed by atoms with Gasteiger partial charge in [0, 0.05) is 38.9 Å². The monoisotopic (exact) mass is 460 g/mol. The number of rotatable bonds is 5. The number of carbonyl (C=O) groups is 3. The molecule has 1 N–H and O–H groups in total. The van der Waals surface area contributed by atoms with Crippen LogP contribution in [-0.4, -0.2) is 64.7 Å². The van der Waals surface area contributed by atoms with Crippen molar-refractivity contribution in [2.75, 3.05) is 27.2 Å². The molecule has 3 heterocycles. The number of methoxy groups -OCH3 is 1. The van der Waals surface area contributed by atoms with Crippen molar-refractivity contribution in [3.05, 3.63) is 59.9 Å². The van der Waals surface area contributed by atoms with Gasteiger partial charge in [0.25, 0.3) is 0 Å². The predicted molar refractivity (Wildman–Crippen MR) is 126 cm³/mol. The first-order valence-electron chi connectivity index (χ1n) is 11.6. The summed E-state index contributed by atoms with van der Waals surface area (Å²) >= 11 is 0. The number of likely N-dealkylation sites (tertiary alicyclic amines) is 2. The van der Waals surface area contributed by atoms with E-state index in [-0.39, 0.29) is 36.5 Å². The summed E-state index contributed by atoms with van der Waals surface area (Å²) in [4.78, 5) is 50.5. The Bertz CT molecular complexity index is 1240. The first-order valence-corrected chi connectivity index (χ1v) is 11.6. The highest BCUT2D eigenvalue weighted by Crippen LogP contribution is 2.41. The van der Waals surface area contributed by atoms with Crippen LogP contribution >= 0.6 is 0 Å². The average molecular weight is 461 g/mol. The molecule has 3 aromatic rings. The average Bonchev–Trinajstić information content (AvgIpc) is 3.40. The number of piperidine rings is 1. The number of benzene rings is 2. The SMILES string of the molecule is COc1cccc(C2(CC(=O)N3CCCC(c4nc5ccccc5[nH]4)C3)CC(=O)N(C)C2=O)c1. The molecular weight excluding hydrogens is 432 g/mol. The minimum Gasteiger partial charge on any atom is -0.497 e. The van der Waals surface area contributed by atoms with Crippen LogP contribution in [0.5, 0.6) is 5.75 Å². The van der Waals surface area contributed by atoms with Crippen LogP contribution in [0.25, 0.3) is 11.0 Å². The fraction of sp³-hybridized carbons (Fsp3) is 0.385. The Morgan fingerprint density at radius 2 is 2.03 bits per heavy atom. The van der Waals surface area contributed by atoms with Crippen LogP contribution in [0.15, 0.2) is 48.5 Å². The highest BCUT2D eigenvalue weighted by atomic mass is 16.5. The molecular formula is C26H28N4O4. The summed E-state index contributed by atoms with van der Waals surface area (Å²) in [6.45, 7) is 1.16. The van der Waals surface area contributed by atoms with E-state index in [1.54, 1.807) is 31.4 Å². The molecule has 3 amide bonds. The normalized spacial score (nSPS) is 23.1. The lowest BCUT2D eigenvalue weighted by Gasteiger charge is -2.35. The summed E-state index contributed by atoms with van der Waals surface area (Å²) in [6, 6.07) is 15.0. The lowest BCUT2D eigenvalue weighted by Crippen LogP contribution is -2.45. The molecule has 0 bridgehead atoms. The van der Waals surface area contributed by atoms with E-state index in [1.807, 2.05) is 29.2 Å². The van der Waals surface area contributed by atoms with Gasteiger partial charge in [0.1, 0.15) is 11.6 Å². The van der Waals surface area contributed by atoms with Crippen molar-refractivity contribution >= 4 is 28.8 Å². The molecule has 0 radical (unpaired) electrons. The minimum absolute atomic E-state index is 0.0257. The third kappa shape index (κ3) is 3.73. The molecule has 2 aliphatic rings.